The third-order valence-corrected chi connectivity index (χ3v) is 16.3. The fraction of sp³-hybridized carbons (Fsp3) is 0.273. The number of carbonyl (C=O) groups excluding carboxylic acids is 3. The predicted molar refractivity (Wildman–Crippen MR) is 320 cm³/mol. The molecule has 4 heterocycles. The van der Waals surface area contributed by atoms with Crippen LogP contribution >= 0.6 is 23.2 Å². The van der Waals surface area contributed by atoms with Crippen LogP contribution in [0.2, 0.25) is 10.0 Å². The van der Waals surface area contributed by atoms with Crippen molar-refractivity contribution in [3.05, 3.63) is 238 Å². The number of halogens is 2. The van der Waals surface area contributed by atoms with Crippen LogP contribution in [0.3, 0.4) is 0 Å². The second kappa shape index (κ2) is 28.0. The van der Waals surface area contributed by atoms with E-state index in [0.29, 0.717) is 37.1 Å². The number of aromatic nitrogens is 4. The van der Waals surface area contributed by atoms with Gasteiger partial charge in [-0.05, 0) is 155 Å². The van der Waals surface area contributed by atoms with E-state index in [-0.39, 0.29) is 60.1 Å². The summed E-state index contributed by atoms with van der Waals surface area (Å²) in [5.41, 5.74) is 11.8. The lowest BCUT2D eigenvalue weighted by molar-refractivity contribution is 0.0649. The number of nitrogens with zero attached hydrogens (tertiary/aromatic N) is 5. The highest BCUT2D eigenvalue weighted by Crippen LogP contribution is 2.46. The van der Waals surface area contributed by atoms with E-state index in [1.807, 2.05) is 66.7 Å². The fourth-order valence-corrected chi connectivity index (χ4v) is 12.2. The van der Waals surface area contributed by atoms with Crippen LogP contribution < -0.4 is 16.0 Å². The Hall–Kier alpha value is -8.50. The Morgan fingerprint density at radius 3 is 1.29 bits per heavy atom. The van der Waals surface area contributed by atoms with Gasteiger partial charge in [0.15, 0.2) is 0 Å². The lowest BCUT2D eigenvalue weighted by Gasteiger charge is -2.36. The molecule has 0 spiro atoms. The standard InChI is InChI=1S/C33H31ClN4O3.C28H29ClN2O2.C5H4N2O2/c34-24-8-5-7-22(19-24)20-30(23-13-17-38(18-14-23)32(39)31-35-15-6-16-36-31)37-33(40)41-21-29-27-11-3-1-9-25(27)26-10-2-4-12-28(26)29;29-21-7-5-6-19(16-21)17-27(20-12-14-30-15-13-20)31-28(32)33-18-26-24-10-3-1-8-22(24)23-9-2-4-11-25(23)26;8-5(9)4-6-2-1-3-7-4/h1-12,15-16,19,23,29-30H,13-14,17-18,20-21H2,(H,37,40);1-11,16,20,26-27,30H,12-15,17-18H2,(H,31,32);1-3H,(H,8,9). The number of carboxylic acid groups (broad SMARTS) is 1. The molecular formula is C66H64Cl2N8O7. The number of fused-ring (bicyclic) bond motifs is 6. The Bertz CT molecular complexity index is 3420. The quantitative estimate of drug-likeness (QED) is 0.0805. The van der Waals surface area contributed by atoms with E-state index in [1.54, 1.807) is 29.4 Å². The Morgan fingerprint density at radius 1 is 0.518 bits per heavy atom. The Labute approximate surface area is 492 Å². The molecule has 2 aliphatic carbocycles. The molecule has 2 fully saturated rings. The molecule has 3 amide bonds. The summed E-state index contributed by atoms with van der Waals surface area (Å²) < 4.78 is 11.7. The highest BCUT2D eigenvalue weighted by molar-refractivity contribution is 6.30. The molecule has 0 bridgehead atoms. The van der Waals surface area contributed by atoms with Crippen molar-refractivity contribution in [1.29, 1.82) is 0 Å². The smallest absolute Gasteiger partial charge is 0.407 e. The number of aromatic carboxylic acids is 1. The summed E-state index contributed by atoms with van der Waals surface area (Å²) in [6.45, 7) is 3.68. The zero-order valence-corrected chi connectivity index (χ0v) is 47.2. The van der Waals surface area contributed by atoms with Crippen molar-refractivity contribution < 1.29 is 33.8 Å². The summed E-state index contributed by atoms with van der Waals surface area (Å²) >= 11 is 12.5. The van der Waals surface area contributed by atoms with Gasteiger partial charge in [-0.25, -0.2) is 34.3 Å². The van der Waals surface area contributed by atoms with Crippen LogP contribution in [-0.4, -0.2) is 105 Å². The van der Waals surface area contributed by atoms with Gasteiger partial charge in [0.2, 0.25) is 11.6 Å². The first-order valence-corrected chi connectivity index (χ1v) is 28.8. The number of ether oxygens (including phenoxy) is 2. The van der Waals surface area contributed by atoms with Gasteiger partial charge < -0.3 is 35.4 Å². The molecule has 8 aromatic rings. The molecular weight excluding hydrogens is 1090 g/mol. The topological polar surface area (TPSA) is 198 Å². The van der Waals surface area contributed by atoms with Crippen LogP contribution in [0.25, 0.3) is 22.3 Å². The lowest BCUT2D eigenvalue weighted by atomic mass is 9.86. The molecule has 2 aromatic heterocycles. The Morgan fingerprint density at radius 2 is 0.904 bits per heavy atom. The second-order valence-corrected chi connectivity index (χ2v) is 21.9. The van der Waals surface area contributed by atoms with Crippen molar-refractivity contribution in [2.75, 3.05) is 39.4 Å². The van der Waals surface area contributed by atoms with E-state index in [4.69, 9.17) is 37.8 Å². The summed E-state index contributed by atoms with van der Waals surface area (Å²) in [5, 5.41) is 19.4. The van der Waals surface area contributed by atoms with Crippen molar-refractivity contribution in [3.63, 3.8) is 0 Å². The molecule has 0 saturated carbocycles. The minimum absolute atomic E-state index is 0.00557. The molecule has 2 unspecified atom stereocenters. The van der Waals surface area contributed by atoms with E-state index in [1.165, 1.54) is 56.9 Å². The monoisotopic (exact) mass is 1150 g/mol. The van der Waals surface area contributed by atoms with Gasteiger partial charge in [-0.3, -0.25) is 4.79 Å². The maximum absolute atomic E-state index is 13.3. The molecule has 12 rings (SSSR count). The number of carboxylic acids is 1. The number of piperidine rings is 2. The summed E-state index contributed by atoms with van der Waals surface area (Å²) in [6, 6.07) is 52.1. The van der Waals surface area contributed by atoms with E-state index in [9.17, 15) is 19.2 Å². The Balaban J connectivity index is 0.000000164. The zero-order valence-electron chi connectivity index (χ0n) is 45.7. The van der Waals surface area contributed by atoms with Crippen LogP contribution in [0.1, 0.15) is 92.1 Å². The van der Waals surface area contributed by atoms with Gasteiger partial charge in [-0.2, -0.15) is 0 Å². The third kappa shape index (κ3) is 14.8. The molecule has 15 nitrogen and oxygen atoms in total. The number of rotatable bonds is 14. The number of hydrogen-bond acceptors (Lipinski definition) is 11. The number of likely N-dealkylation sites (tertiary alicyclic amines) is 1. The zero-order chi connectivity index (χ0) is 57.5. The van der Waals surface area contributed by atoms with Crippen LogP contribution in [0.4, 0.5) is 9.59 Å². The fourth-order valence-electron chi connectivity index (χ4n) is 11.8. The van der Waals surface area contributed by atoms with Gasteiger partial charge in [0.1, 0.15) is 13.2 Å². The molecule has 424 valence electrons. The highest BCUT2D eigenvalue weighted by atomic mass is 35.5. The van der Waals surface area contributed by atoms with Gasteiger partial charge in [-0.15, -0.1) is 0 Å². The van der Waals surface area contributed by atoms with Crippen LogP contribution in [-0.2, 0) is 22.3 Å². The first-order chi connectivity index (χ1) is 40.6. The maximum Gasteiger partial charge on any atom is 0.407 e. The summed E-state index contributed by atoms with van der Waals surface area (Å²) in [7, 11) is 0. The molecule has 0 radical (unpaired) electrons. The molecule has 4 N–H and O–H groups in total. The third-order valence-electron chi connectivity index (χ3n) is 15.8. The molecule has 83 heavy (non-hydrogen) atoms. The number of alkyl carbamates (subject to hydrolysis) is 2. The first-order valence-electron chi connectivity index (χ1n) is 28.1. The molecule has 2 atom stereocenters. The summed E-state index contributed by atoms with van der Waals surface area (Å²) in [4.78, 5) is 66.1. The highest BCUT2D eigenvalue weighted by Gasteiger charge is 2.34. The predicted octanol–water partition coefficient (Wildman–Crippen LogP) is 12.1. The van der Waals surface area contributed by atoms with E-state index >= 15 is 0 Å². The van der Waals surface area contributed by atoms with Crippen LogP contribution in [0.15, 0.2) is 183 Å². The van der Waals surface area contributed by atoms with Gasteiger partial charge in [-0.1, -0.05) is 145 Å². The van der Waals surface area contributed by atoms with Crippen molar-refractivity contribution in [2.45, 2.75) is 62.4 Å². The summed E-state index contributed by atoms with van der Waals surface area (Å²) in [6.07, 6.45) is 10.1. The average molecular weight is 1150 g/mol. The van der Waals surface area contributed by atoms with E-state index in [0.717, 1.165) is 61.3 Å². The van der Waals surface area contributed by atoms with Gasteiger partial charge >= 0.3 is 18.2 Å². The second-order valence-electron chi connectivity index (χ2n) is 21.0. The minimum Gasteiger partial charge on any atom is -0.475 e. The number of benzene rings is 6. The average Bonchev–Trinajstić information content (AvgIpc) is 4.27. The minimum atomic E-state index is -1.10. The van der Waals surface area contributed by atoms with Crippen molar-refractivity contribution in [1.82, 2.24) is 40.8 Å². The lowest BCUT2D eigenvalue weighted by Crippen LogP contribution is -2.48. The maximum atomic E-state index is 13.3. The molecule has 2 aliphatic heterocycles. The van der Waals surface area contributed by atoms with Crippen molar-refractivity contribution in [2.24, 2.45) is 11.8 Å². The Kier molecular flexibility index (Phi) is 19.5. The van der Waals surface area contributed by atoms with Crippen LogP contribution in [0, 0.1) is 11.8 Å². The van der Waals surface area contributed by atoms with Crippen LogP contribution in [0.5, 0.6) is 0 Å². The van der Waals surface area contributed by atoms with Crippen molar-refractivity contribution in [3.8, 4) is 22.3 Å². The first kappa shape index (κ1) is 57.7. The van der Waals surface area contributed by atoms with Gasteiger partial charge in [0.25, 0.3) is 5.91 Å². The molecule has 2 saturated heterocycles. The number of hydrogen-bond donors (Lipinski definition) is 4. The summed E-state index contributed by atoms with van der Waals surface area (Å²) in [5.74, 6) is -0.602. The van der Waals surface area contributed by atoms with Crippen molar-refractivity contribution >= 4 is 47.3 Å². The number of carbonyl (C=O) groups is 4. The van der Waals surface area contributed by atoms with Gasteiger partial charge in [0, 0.05) is 71.8 Å². The van der Waals surface area contributed by atoms with E-state index in [2.05, 4.69) is 115 Å². The largest absolute Gasteiger partial charge is 0.475 e. The normalized spacial score (nSPS) is 15.3. The number of nitrogens with one attached hydrogen (secondary N) is 3. The molecule has 6 aromatic carbocycles. The SMILES string of the molecule is O=C(NC(Cc1cccc(Cl)c1)C1CCN(C(=O)c2ncccn2)CC1)OCC1c2ccccc2-c2ccccc21.O=C(NC(Cc1cccc(Cl)c1)C1CCNCC1)OCC1c2ccccc2-c2ccccc21.O=C(O)c1ncccn1. The van der Waals surface area contributed by atoms with E-state index < -0.39 is 12.1 Å². The molecule has 4 aliphatic rings. The molecule has 17 heteroatoms. The number of amides is 3. The van der Waals surface area contributed by atoms with Gasteiger partial charge in [0.05, 0.1) is 0 Å².